The predicted octanol–water partition coefficient (Wildman–Crippen LogP) is 3.36. The Kier molecular flexibility index (Phi) is 7.06. The Bertz CT molecular complexity index is 544. The smallest absolute Gasteiger partial charge is 0.356 e. The van der Waals surface area contributed by atoms with Crippen molar-refractivity contribution in [2.24, 2.45) is 0 Å². The van der Waals surface area contributed by atoms with E-state index in [0.717, 1.165) is 23.8 Å². The highest BCUT2D eigenvalue weighted by Gasteiger charge is 2.35. The van der Waals surface area contributed by atoms with Crippen LogP contribution in [-0.4, -0.2) is 24.9 Å². The zero-order valence-electron chi connectivity index (χ0n) is 13.2. The summed E-state index contributed by atoms with van der Waals surface area (Å²) in [6.07, 6.45) is -2.85. The molecular formula is C16H21F3N2O2. The van der Waals surface area contributed by atoms with Crippen LogP contribution in [0.4, 0.5) is 18.9 Å². The molecule has 7 heteroatoms. The number of anilines is 1. The normalized spacial score (nSPS) is 11.2. The molecule has 0 saturated carbocycles. The van der Waals surface area contributed by atoms with Gasteiger partial charge >= 0.3 is 6.18 Å². The number of alkyl halides is 3. The summed E-state index contributed by atoms with van der Waals surface area (Å²) in [6.45, 7) is 3.59. The second kappa shape index (κ2) is 8.55. The van der Waals surface area contributed by atoms with E-state index in [4.69, 9.17) is 0 Å². The lowest BCUT2D eigenvalue weighted by Crippen LogP contribution is -2.35. The highest BCUT2D eigenvalue weighted by molar-refractivity contribution is 5.93. The third kappa shape index (κ3) is 5.92. The molecule has 0 fully saturated rings. The number of hydrogen-bond donors (Lipinski definition) is 1. The third-order valence-corrected chi connectivity index (χ3v) is 3.30. The Labute approximate surface area is 133 Å². The van der Waals surface area contributed by atoms with E-state index in [2.05, 4.69) is 5.32 Å². The van der Waals surface area contributed by atoms with Gasteiger partial charge in [-0.1, -0.05) is 25.5 Å². The Morgan fingerprint density at radius 3 is 2.43 bits per heavy atom. The summed E-state index contributed by atoms with van der Waals surface area (Å²) in [5, 5.41) is 2.68. The maximum Gasteiger partial charge on any atom is 0.418 e. The van der Waals surface area contributed by atoms with Gasteiger partial charge in [-0.25, -0.2) is 0 Å². The summed E-state index contributed by atoms with van der Waals surface area (Å²) in [6, 6.07) is 4.86. The van der Waals surface area contributed by atoms with Crippen LogP contribution in [0, 0.1) is 0 Å². The summed E-state index contributed by atoms with van der Waals surface area (Å²) in [7, 11) is 0. The average Bonchev–Trinajstić information content (AvgIpc) is 2.47. The predicted molar refractivity (Wildman–Crippen MR) is 82.0 cm³/mol. The van der Waals surface area contributed by atoms with Crippen LogP contribution >= 0.6 is 0 Å². The summed E-state index contributed by atoms with van der Waals surface area (Å²) in [5.74, 6) is -0.822. The number of nitrogens with zero attached hydrogens (tertiary/aromatic N) is 1. The number of carbonyl (C=O) groups excluding carboxylic acids is 2. The van der Waals surface area contributed by atoms with E-state index < -0.39 is 17.6 Å². The van der Waals surface area contributed by atoms with E-state index >= 15 is 0 Å². The molecule has 1 rings (SSSR count). The van der Waals surface area contributed by atoms with Crippen molar-refractivity contribution in [1.29, 1.82) is 0 Å². The fourth-order valence-corrected chi connectivity index (χ4v) is 2.10. The number of halogens is 3. The van der Waals surface area contributed by atoms with Gasteiger partial charge in [-0.2, -0.15) is 13.2 Å². The lowest BCUT2D eigenvalue weighted by molar-refractivity contribution is -0.137. The number of para-hydroxylation sites is 1. The Morgan fingerprint density at radius 1 is 1.22 bits per heavy atom. The molecular weight excluding hydrogens is 309 g/mol. The van der Waals surface area contributed by atoms with Crippen LogP contribution in [0.5, 0.6) is 0 Å². The summed E-state index contributed by atoms with van der Waals surface area (Å²) in [4.78, 5) is 24.4. The first-order chi connectivity index (χ1) is 10.8. The van der Waals surface area contributed by atoms with Gasteiger partial charge in [0, 0.05) is 26.4 Å². The van der Waals surface area contributed by atoms with E-state index in [-0.39, 0.29) is 24.6 Å². The SMILES string of the molecule is CCCCNC(=O)CCN(C(C)=O)c1ccccc1C(F)(F)F. The molecule has 23 heavy (non-hydrogen) atoms. The van der Waals surface area contributed by atoms with Gasteiger partial charge in [0.05, 0.1) is 11.3 Å². The molecule has 0 aliphatic heterocycles. The number of nitrogens with one attached hydrogen (secondary N) is 1. The van der Waals surface area contributed by atoms with Gasteiger partial charge < -0.3 is 10.2 Å². The molecule has 128 valence electrons. The first-order valence-electron chi connectivity index (χ1n) is 7.48. The number of carbonyl (C=O) groups is 2. The fraction of sp³-hybridized carbons (Fsp3) is 0.500. The quantitative estimate of drug-likeness (QED) is 0.779. The topological polar surface area (TPSA) is 49.4 Å². The van der Waals surface area contributed by atoms with Gasteiger partial charge in [0.2, 0.25) is 11.8 Å². The van der Waals surface area contributed by atoms with Crippen molar-refractivity contribution in [2.45, 2.75) is 39.3 Å². The minimum absolute atomic E-state index is 0.0461. The van der Waals surface area contributed by atoms with Gasteiger partial charge in [0.15, 0.2) is 0 Å². The van der Waals surface area contributed by atoms with E-state index in [1.807, 2.05) is 6.92 Å². The maximum absolute atomic E-state index is 13.1. The van der Waals surface area contributed by atoms with E-state index in [1.54, 1.807) is 0 Å². The second-order valence-electron chi connectivity index (χ2n) is 5.14. The molecule has 0 unspecified atom stereocenters. The lowest BCUT2D eigenvalue weighted by Gasteiger charge is -2.24. The molecule has 1 aromatic carbocycles. The molecule has 0 bridgehead atoms. The number of unbranched alkanes of at least 4 members (excludes halogenated alkanes) is 1. The first kappa shape index (κ1) is 19.0. The van der Waals surface area contributed by atoms with Gasteiger partial charge in [0.1, 0.15) is 0 Å². The van der Waals surface area contributed by atoms with Crippen LogP contribution in [0.3, 0.4) is 0 Å². The Morgan fingerprint density at radius 2 is 1.87 bits per heavy atom. The Hall–Kier alpha value is -2.05. The maximum atomic E-state index is 13.1. The summed E-state index contributed by atoms with van der Waals surface area (Å²) < 4.78 is 39.2. The van der Waals surface area contributed by atoms with Crippen LogP contribution in [0.25, 0.3) is 0 Å². The number of amides is 2. The van der Waals surface area contributed by atoms with Crippen molar-refractivity contribution >= 4 is 17.5 Å². The molecule has 0 radical (unpaired) electrons. The van der Waals surface area contributed by atoms with Crippen molar-refractivity contribution in [3.05, 3.63) is 29.8 Å². The largest absolute Gasteiger partial charge is 0.418 e. The molecule has 1 aromatic rings. The molecule has 0 aliphatic carbocycles. The average molecular weight is 330 g/mol. The van der Waals surface area contributed by atoms with Crippen LogP contribution in [0.1, 0.15) is 38.7 Å². The second-order valence-corrected chi connectivity index (χ2v) is 5.14. The standard InChI is InChI=1S/C16H21F3N2O2/c1-3-4-10-20-15(23)9-11-21(12(2)22)14-8-6-5-7-13(14)16(17,18)19/h5-8H,3-4,9-11H2,1-2H3,(H,20,23). The molecule has 0 spiro atoms. The lowest BCUT2D eigenvalue weighted by atomic mass is 10.1. The van der Waals surface area contributed by atoms with E-state index in [9.17, 15) is 22.8 Å². The van der Waals surface area contributed by atoms with Crippen LogP contribution in [0.15, 0.2) is 24.3 Å². The molecule has 2 amide bonds. The number of rotatable bonds is 7. The van der Waals surface area contributed by atoms with E-state index in [0.29, 0.717) is 6.54 Å². The monoisotopic (exact) mass is 330 g/mol. The zero-order valence-corrected chi connectivity index (χ0v) is 13.2. The highest BCUT2D eigenvalue weighted by Crippen LogP contribution is 2.36. The minimum atomic E-state index is -4.56. The van der Waals surface area contributed by atoms with Crippen molar-refractivity contribution < 1.29 is 22.8 Å². The minimum Gasteiger partial charge on any atom is -0.356 e. The van der Waals surface area contributed by atoms with Crippen molar-refractivity contribution in [3.8, 4) is 0 Å². The zero-order chi connectivity index (χ0) is 17.5. The Balaban J connectivity index is 2.85. The van der Waals surface area contributed by atoms with Gasteiger partial charge in [-0.15, -0.1) is 0 Å². The fourth-order valence-electron chi connectivity index (χ4n) is 2.10. The molecule has 4 nitrogen and oxygen atoms in total. The molecule has 0 aliphatic rings. The molecule has 0 saturated heterocycles. The first-order valence-corrected chi connectivity index (χ1v) is 7.48. The van der Waals surface area contributed by atoms with Gasteiger partial charge in [-0.3, -0.25) is 9.59 Å². The van der Waals surface area contributed by atoms with E-state index in [1.165, 1.54) is 25.1 Å². The van der Waals surface area contributed by atoms with Crippen molar-refractivity contribution in [2.75, 3.05) is 18.0 Å². The van der Waals surface area contributed by atoms with Crippen molar-refractivity contribution in [1.82, 2.24) is 5.32 Å². The van der Waals surface area contributed by atoms with Crippen LogP contribution in [0.2, 0.25) is 0 Å². The highest BCUT2D eigenvalue weighted by atomic mass is 19.4. The van der Waals surface area contributed by atoms with Gasteiger partial charge in [-0.05, 0) is 18.6 Å². The van der Waals surface area contributed by atoms with Crippen LogP contribution < -0.4 is 10.2 Å². The van der Waals surface area contributed by atoms with Crippen LogP contribution in [-0.2, 0) is 15.8 Å². The number of hydrogen-bond acceptors (Lipinski definition) is 2. The number of benzene rings is 1. The summed E-state index contributed by atoms with van der Waals surface area (Å²) in [5.41, 5.74) is -1.12. The third-order valence-electron chi connectivity index (χ3n) is 3.30. The van der Waals surface area contributed by atoms with Crippen molar-refractivity contribution in [3.63, 3.8) is 0 Å². The van der Waals surface area contributed by atoms with Gasteiger partial charge in [0.25, 0.3) is 0 Å². The molecule has 0 aromatic heterocycles. The molecule has 1 N–H and O–H groups in total. The summed E-state index contributed by atoms with van der Waals surface area (Å²) >= 11 is 0. The molecule has 0 heterocycles. The molecule has 0 atom stereocenters.